The molecule has 0 unspecified atom stereocenters. The van der Waals surface area contributed by atoms with Gasteiger partial charge in [0.15, 0.2) is 0 Å². The van der Waals surface area contributed by atoms with E-state index in [4.69, 9.17) is 21.1 Å². The van der Waals surface area contributed by atoms with Crippen molar-refractivity contribution in [2.75, 3.05) is 13.7 Å². The molecule has 0 aliphatic rings. The summed E-state index contributed by atoms with van der Waals surface area (Å²) in [4.78, 5) is 23.9. The fourth-order valence-corrected chi connectivity index (χ4v) is 2.23. The highest BCUT2D eigenvalue weighted by atomic mass is 35.5. The first-order valence-corrected chi connectivity index (χ1v) is 8.08. The van der Waals surface area contributed by atoms with Crippen molar-refractivity contribution in [1.82, 2.24) is 10.9 Å². The van der Waals surface area contributed by atoms with Crippen LogP contribution < -0.4 is 20.3 Å². The number of hydrazine groups is 1. The average Bonchev–Trinajstić information content (AvgIpc) is 2.64. The van der Waals surface area contributed by atoms with E-state index < -0.39 is 5.91 Å². The largest absolute Gasteiger partial charge is 0.496 e. The third-order valence-corrected chi connectivity index (χ3v) is 3.52. The van der Waals surface area contributed by atoms with Crippen molar-refractivity contribution in [3.05, 3.63) is 59.1 Å². The molecule has 2 aromatic rings. The lowest BCUT2D eigenvalue weighted by Gasteiger charge is -2.11. The van der Waals surface area contributed by atoms with Crippen molar-refractivity contribution in [3.8, 4) is 11.5 Å². The van der Waals surface area contributed by atoms with Crippen molar-refractivity contribution in [3.63, 3.8) is 0 Å². The minimum atomic E-state index is -0.506. The quantitative estimate of drug-likeness (QED) is 0.586. The van der Waals surface area contributed by atoms with Crippen LogP contribution in [0.1, 0.15) is 23.2 Å². The van der Waals surface area contributed by atoms with Crippen LogP contribution in [0.5, 0.6) is 11.5 Å². The molecule has 6 nitrogen and oxygen atoms in total. The smallest absolute Gasteiger partial charge is 0.273 e. The Bertz CT molecular complexity index is 722. The van der Waals surface area contributed by atoms with Gasteiger partial charge in [0.05, 0.1) is 19.3 Å². The van der Waals surface area contributed by atoms with Crippen LogP contribution >= 0.6 is 11.6 Å². The zero-order valence-corrected chi connectivity index (χ0v) is 14.5. The van der Waals surface area contributed by atoms with Gasteiger partial charge >= 0.3 is 0 Å². The van der Waals surface area contributed by atoms with Gasteiger partial charge in [0.25, 0.3) is 5.91 Å². The van der Waals surface area contributed by atoms with Gasteiger partial charge < -0.3 is 9.47 Å². The summed E-state index contributed by atoms with van der Waals surface area (Å²) in [5, 5.41) is 0.398. The Kier molecular flexibility index (Phi) is 7.10. The van der Waals surface area contributed by atoms with Crippen LogP contribution in [0.4, 0.5) is 0 Å². The minimum absolute atomic E-state index is 0.222. The maximum absolute atomic E-state index is 12.1. The second kappa shape index (κ2) is 9.54. The van der Waals surface area contributed by atoms with Gasteiger partial charge in [-0.2, -0.15) is 0 Å². The van der Waals surface area contributed by atoms with E-state index in [0.29, 0.717) is 23.8 Å². The number of para-hydroxylation sites is 1. The summed E-state index contributed by atoms with van der Waals surface area (Å²) in [6.07, 6.45) is 0.747. The van der Waals surface area contributed by atoms with E-state index in [1.165, 1.54) is 13.2 Å². The topological polar surface area (TPSA) is 76.7 Å². The van der Waals surface area contributed by atoms with Crippen LogP contribution in [0.3, 0.4) is 0 Å². The lowest BCUT2D eigenvalue weighted by molar-refractivity contribution is -0.122. The third kappa shape index (κ3) is 6.00. The Balaban J connectivity index is 1.72. The van der Waals surface area contributed by atoms with Gasteiger partial charge in [-0.1, -0.05) is 29.8 Å². The van der Waals surface area contributed by atoms with Gasteiger partial charge in [-0.15, -0.1) is 0 Å². The molecule has 0 heterocycles. The fraction of sp³-hybridized carbons (Fsp3) is 0.222. The highest BCUT2D eigenvalue weighted by molar-refractivity contribution is 6.31. The Morgan fingerprint density at radius 1 is 1.08 bits per heavy atom. The molecule has 132 valence electrons. The first-order valence-electron chi connectivity index (χ1n) is 7.70. The molecule has 0 fully saturated rings. The van der Waals surface area contributed by atoms with E-state index in [1.54, 1.807) is 12.1 Å². The second-order valence-corrected chi connectivity index (χ2v) is 5.55. The summed E-state index contributed by atoms with van der Waals surface area (Å²) in [6.45, 7) is 0.410. The number of methoxy groups -OCH3 is 1. The van der Waals surface area contributed by atoms with Crippen LogP contribution in [-0.4, -0.2) is 25.5 Å². The predicted molar refractivity (Wildman–Crippen MR) is 94.8 cm³/mol. The fourth-order valence-electron chi connectivity index (χ4n) is 2.05. The summed E-state index contributed by atoms with van der Waals surface area (Å²) in [6, 6.07) is 14.0. The van der Waals surface area contributed by atoms with E-state index in [-0.39, 0.29) is 17.9 Å². The lowest BCUT2D eigenvalue weighted by atomic mass is 10.2. The van der Waals surface area contributed by atoms with Crippen molar-refractivity contribution in [2.45, 2.75) is 12.8 Å². The number of hydrogen-bond acceptors (Lipinski definition) is 4. The maximum atomic E-state index is 12.1. The van der Waals surface area contributed by atoms with E-state index in [9.17, 15) is 9.59 Å². The maximum Gasteiger partial charge on any atom is 0.273 e. The van der Waals surface area contributed by atoms with Gasteiger partial charge in [-0.3, -0.25) is 20.4 Å². The summed E-state index contributed by atoms with van der Waals surface area (Å²) >= 11 is 5.88. The molecule has 25 heavy (non-hydrogen) atoms. The Hall–Kier alpha value is -2.73. The number of benzene rings is 2. The number of carbonyl (C=O) groups is 2. The van der Waals surface area contributed by atoms with Gasteiger partial charge in [-0.25, -0.2) is 0 Å². The third-order valence-electron chi connectivity index (χ3n) is 3.28. The van der Waals surface area contributed by atoms with E-state index in [0.717, 1.165) is 5.75 Å². The number of hydrogen-bond donors (Lipinski definition) is 2. The average molecular weight is 363 g/mol. The van der Waals surface area contributed by atoms with Crippen LogP contribution in [0, 0.1) is 0 Å². The minimum Gasteiger partial charge on any atom is -0.496 e. The van der Waals surface area contributed by atoms with Crippen LogP contribution in [0.15, 0.2) is 48.5 Å². The summed E-state index contributed by atoms with van der Waals surface area (Å²) in [7, 11) is 1.45. The van der Waals surface area contributed by atoms with E-state index in [2.05, 4.69) is 10.9 Å². The molecule has 0 saturated heterocycles. The highest BCUT2D eigenvalue weighted by Crippen LogP contribution is 2.22. The molecule has 0 spiro atoms. The first kappa shape index (κ1) is 18.6. The zero-order chi connectivity index (χ0) is 18.1. The summed E-state index contributed by atoms with van der Waals surface area (Å²) in [5.41, 5.74) is 4.94. The number of amides is 2. The molecule has 0 aliphatic heterocycles. The summed E-state index contributed by atoms with van der Waals surface area (Å²) < 4.78 is 10.6. The Morgan fingerprint density at radius 3 is 2.56 bits per heavy atom. The van der Waals surface area contributed by atoms with Crippen LogP contribution in [0.2, 0.25) is 5.02 Å². The lowest BCUT2D eigenvalue weighted by Crippen LogP contribution is -2.41. The molecule has 2 amide bonds. The second-order valence-electron chi connectivity index (χ2n) is 5.11. The predicted octanol–water partition coefficient (Wildman–Crippen LogP) is 2.97. The normalized spacial score (nSPS) is 10.0. The molecule has 0 radical (unpaired) electrons. The molecule has 7 heteroatoms. The summed E-state index contributed by atoms with van der Waals surface area (Å²) in [5.74, 6) is 0.302. The molecule has 0 aliphatic carbocycles. The number of nitrogens with one attached hydrogen (secondary N) is 2. The first-order chi connectivity index (χ1) is 12.1. The van der Waals surface area contributed by atoms with Gasteiger partial charge in [0.2, 0.25) is 5.91 Å². The molecule has 2 aromatic carbocycles. The Labute approximate surface area is 151 Å². The standard InChI is InChI=1S/C18H19ClN2O4/c1-24-16-10-9-13(19)12-15(16)18(23)21-20-17(22)8-5-11-25-14-6-3-2-4-7-14/h2-4,6-7,9-10,12H,5,8,11H2,1H3,(H,20,22)(H,21,23). The number of halogens is 1. The van der Waals surface area contributed by atoms with Crippen molar-refractivity contribution in [1.29, 1.82) is 0 Å². The van der Waals surface area contributed by atoms with E-state index in [1.807, 2.05) is 30.3 Å². The monoisotopic (exact) mass is 362 g/mol. The Morgan fingerprint density at radius 2 is 1.84 bits per heavy atom. The van der Waals surface area contributed by atoms with Gasteiger partial charge in [0.1, 0.15) is 11.5 Å². The molecular weight excluding hydrogens is 344 g/mol. The SMILES string of the molecule is COc1ccc(Cl)cc1C(=O)NNC(=O)CCCOc1ccccc1. The molecule has 0 atom stereocenters. The van der Waals surface area contributed by atoms with Crippen LogP contribution in [-0.2, 0) is 4.79 Å². The van der Waals surface area contributed by atoms with Crippen molar-refractivity contribution in [2.24, 2.45) is 0 Å². The molecule has 0 aromatic heterocycles. The molecule has 2 rings (SSSR count). The van der Waals surface area contributed by atoms with Crippen molar-refractivity contribution < 1.29 is 19.1 Å². The highest BCUT2D eigenvalue weighted by Gasteiger charge is 2.13. The number of rotatable bonds is 7. The zero-order valence-electron chi connectivity index (χ0n) is 13.8. The molecular formula is C18H19ClN2O4. The number of ether oxygens (including phenoxy) is 2. The van der Waals surface area contributed by atoms with E-state index >= 15 is 0 Å². The van der Waals surface area contributed by atoms with Gasteiger partial charge in [-0.05, 0) is 36.8 Å². The molecule has 0 saturated carbocycles. The van der Waals surface area contributed by atoms with Gasteiger partial charge in [0, 0.05) is 11.4 Å². The molecule has 0 bridgehead atoms. The van der Waals surface area contributed by atoms with Crippen LogP contribution in [0.25, 0.3) is 0 Å². The van der Waals surface area contributed by atoms with Crippen molar-refractivity contribution >= 4 is 23.4 Å². The molecule has 2 N–H and O–H groups in total. The number of carbonyl (C=O) groups excluding carboxylic acids is 2.